The molecule has 1 aliphatic rings. The van der Waals surface area contributed by atoms with Gasteiger partial charge in [0.25, 0.3) is 5.91 Å². The summed E-state index contributed by atoms with van der Waals surface area (Å²) >= 11 is 0. The number of nitrogens with one attached hydrogen (secondary N) is 1. The molecule has 2 rings (SSSR count). The van der Waals surface area contributed by atoms with Gasteiger partial charge in [-0.15, -0.1) is 0 Å². The van der Waals surface area contributed by atoms with E-state index in [-0.39, 0.29) is 18.1 Å². The van der Waals surface area contributed by atoms with E-state index in [4.69, 9.17) is 0 Å². The summed E-state index contributed by atoms with van der Waals surface area (Å²) < 4.78 is 4.59. The van der Waals surface area contributed by atoms with Crippen LogP contribution in [0.5, 0.6) is 0 Å². The van der Waals surface area contributed by atoms with Crippen LogP contribution < -0.4 is 5.32 Å². The van der Waals surface area contributed by atoms with Crippen molar-refractivity contribution in [1.29, 1.82) is 0 Å². The van der Waals surface area contributed by atoms with E-state index in [0.29, 0.717) is 6.54 Å². The molecule has 1 aliphatic heterocycles. The van der Waals surface area contributed by atoms with E-state index >= 15 is 0 Å². The van der Waals surface area contributed by atoms with E-state index in [0.717, 1.165) is 19.0 Å². The second kappa shape index (κ2) is 6.68. The van der Waals surface area contributed by atoms with Crippen LogP contribution in [0.2, 0.25) is 0 Å². The molecule has 0 bridgehead atoms. The van der Waals surface area contributed by atoms with Crippen molar-refractivity contribution in [3.05, 3.63) is 18.0 Å². The monoisotopic (exact) mass is 267 g/mol. The lowest BCUT2D eigenvalue weighted by Crippen LogP contribution is -2.43. The molecule has 1 aromatic heterocycles. The van der Waals surface area contributed by atoms with Crippen molar-refractivity contribution in [2.24, 2.45) is 5.92 Å². The van der Waals surface area contributed by atoms with Crippen LogP contribution in [0.25, 0.3) is 0 Å². The Morgan fingerprint density at radius 1 is 1.63 bits per heavy atom. The Hall–Kier alpha value is -1.40. The molecular weight excluding hydrogens is 246 g/mol. The first kappa shape index (κ1) is 14.0. The molecule has 2 heterocycles. The summed E-state index contributed by atoms with van der Waals surface area (Å²) in [5, 5.41) is 16.1. The summed E-state index contributed by atoms with van der Waals surface area (Å²) in [5.74, 6) is 0.459. The second-order valence-corrected chi connectivity index (χ2v) is 5.23. The highest BCUT2D eigenvalue weighted by molar-refractivity contribution is 5.91. The third kappa shape index (κ3) is 4.33. The average molecular weight is 267 g/mol. The Bertz CT molecular complexity index is 386. The van der Waals surface area contributed by atoms with E-state index in [1.54, 1.807) is 0 Å². The summed E-state index contributed by atoms with van der Waals surface area (Å²) in [5.41, 5.74) is 0.235. The molecule has 19 heavy (non-hydrogen) atoms. The normalized spacial score (nSPS) is 19.3. The Morgan fingerprint density at radius 2 is 2.37 bits per heavy atom. The van der Waals surface area contributed by atoms with Gasteiger partial charge in [-0.3, -0.25) is 4.79 Å². The van der Waals surface area contributed by atoms with E-state index in [1.165, 1.54) is 25.2 Å². The predicted molar refractivity (Wildman–Crippen MR) is 69.7 cm³/mol. The maximum absolute atomic E-state index is 11.6. The number of piperidine rings is 1. The second-order valence-electron chi connectivity index (χ2n) is 5.23. The SMILES string of the molecule is CC1CCN(CC(O)CNC(=O)c2ccon2)CC1. The zero-order valence-electron chi connectivity index (χ0n) is 11.2. The minimum Gasteiger partial charge on any atom is -0.390 e. The van der Waals surface area contributed by atoms with Gasteiger partial charge in [-0.2, -0.15) is 0 Å². The molecule has 2 N–H and O–H groups in total. The Morgan fingerprint density at radius 3 is 3.00 bits per heavy atom. The molecule has 1 saturated heterocycles. The van der Waals surface area contributed by atoms with Crippen LogP contribution >= 0.6 is 0 Å². The molecule has 106 valence electrons. The van der Waals surface area contributed by atoms with Crippen LogP contribution in [0, 0.1) is 5.92 Å². The van der Waals surface area contributed by atoms with Gasteiger partial charge in [0.15, 0.2) is 5.69 Å². The van der Waals surface area contributed by atoms with Gasteiger partial charge < -0.3 is 19.8 Å². The molecule has 0 saturated carbocycles. The maximum atomic E-state index is 11.6. The van der Waals surface area contributed by atoms with Gasteiger partial charge >= 0.3 is 0 Å². The third-order valence-corrected chi connectivity index (χ3v) is 3.51. The van der Waals surface area contributed by atoms with Crippen LogP contribution in [0.4, 0.5) is 0 Å². The largest absolute Gasteiger partial charge is 0.390 e. The van der Waals surface area contributed by atoms with Crippen LogP contribution in [-0.4, -0.2) is 53.4 Å². The first-order valence-corrected chi connectivity index (χ1v) is 6.74. The van der Waals surface area contributed by atoms with Gasteiger partial charge in [0.1, 0.15) is 6.26 Å². The quantitative estimate of drug-likeness (QED) is 0.812. The number of hydrogen-bond donors (Lipinski definition) is 2. The molecular formula is C13H21N3O3. The third-order valence-electron chi connectivity index (χ3n) is 3.51. The molecule has 6 heteroatoms. The van der Waals surface area contributed by atoms with Gasteiger partial charge in [-0.05, 0) is 31.8 Å². The molecule has 0 spiro atoms. The number of hydrogen-bond acceptors (Lipinski definition) is 5. The highest BCUT2D eigenvalue weighted by atomic mass is 16.5. The molecule has 0 radical (unpaired) electrons. The smallest absolute Gasteiger partial charge is 0.273 e. The zero-order valence-corrected chi connectivity index (χ0v) is 11.2. The van der Waals surface area contributed by atoms with Crippen molar-refractivity contribution < 1.29 is 14.4 Å². The lowest BCUT2D eigenvalue weighted by Gasteiger charge is -2.31. The van der Waals surface area contributed by atoms with Crippen LogP contribution in [0.15, 0.2) is 16.9 Å². The number of aliphatic hydroxyl groups is 1. The van der Waals surface area contributed by atoms with E-state index in [9.17, 15) is 9.90 Å². The van der Waals surface area contributed by atoms with Gasteiger partial charge in [-0.25, -0.2) is 0 Å². The van der Waals surface area contributed by atoms with E-state index in [1.807, 2.05) is 0 Å². The van der Waals surface area contributed by atoms with Crippen molar-refractivity contribution >= 4 is 5.91 Å². The lowest BCUT2D eigenvalue weighted by molar-refractivity contribution is 0.0790. The van der Waals surface area contributed by atoms with Gasteiger partial charge in [0, 0.05) is 19.2 Å². The average Bonchev–Trinajstić information content (AvgIpc) is 2.93. The highest BCUT2D eigenvalue weighted by Gasteiger charge is 2.19. The van der Waals surface area contributed by atoms with Crippen LogP contribution in [0.3, 0.4) is 0 Å². The van der Waals surface area contributed by atoms with E-state index < -0.39 is 6.10 Å². The molecule has 1 fully saturated rings. The maximum Gasteiger partial charge on any atom is 0.273 e. The lowest BCUT2D eigenvalue weighted by atomic mass is 9.99. The summed E-state index contributed by atoms with van der Waals surface area (Å²) in [4.78, 5) is 13.8. The van der Waals surface area contributed by atoms with Gasteiger partial charge in [-0.1, -0.05) is 12.1 Å². The number of carbonyl (C=O) groups is 1. The van der Waals surface area contributed by atoms with Crippen molar-refractivity contribution in [2.45, 2.75) is 25.9 Å². The number of rotatable bonds is 5. The van der Waals surface area contributed by atoms with Gasteiger partial charge in [0.05, 0.1) is 6.10 Å². The number of aliphatic hydroxyl groups excluding tert-OH is 1. The topological polar surface area (TPSA) is 78.6 Å². The van der Waals surface area contributed by atoms with Crippen molar-refractivity contribution in [2.75, 3.05) is 26.2 Å². The Kier molecular flexibility index (Phi) is 4.93. The molecule has 0 aromatic carbocycles. The number of nitrogens with zero attached hydrogens (tertiary/aromatic N) is 2. The van der Waals surface area contributed by atoms with Crippen LogP contribution in [-0.2, 0) is 0 Å². The molecule has 1 aromatic rings. The number of aromatic nitrogens is 1. The number of β-amino-alcohol motifs (C(OH)–C–C–N with tert-alkyl or cyclic N) is 1. The highest BCUT2D eigenvalue weighted by Crippen LogP contribution is 2.15. The fourth-order valence-corrected chi connectivity index (χ4v) is 2.24. The van der Waals surface area contributed by atoms with Crippen LogP contribution in [0.1, 0.15) is 30.3 Å². The summed E-state index contributed by atoms with van der Waals surface area (Å²) in [6, 6.07) is 1.49. The van der Waals surface area contributed by atoms with Crippen molar-refractivity contribution in [3.8, 4) is 0 Å². The number of carbonyl (C=O) groups excluding carboxylic acids is 1. The predicted octanol–water partition coefficient (Wildman–Crippen LogP) is 0.497. The summed E-state index contributed by atoms with van der Waals surface area (Å²) in [7, 11) is 0. The van der Waals surface area contributed by atoms with E-state index in [2.05, 4.69) is 26.8 Å². The fourth-order valence-electron chi connectivity index (χ4n) is 2.24. The summed E-state index contributed by atoms with van der Waals surface area (Å²) in [6.45, 7) is 5.14. The Labute approximate surface area is 112 Å². The minimum atomic E-state index is -0.552. The first-order chi connectivity index (χ1) is 9.15. The summed E-state index contributed by atoms with van der Waals surface area (Å²) in [6.07, 6.45) is 3.15. The van der Waals surface area contributed by atoms with Gasteiger partial charge in [0.2, 0.25) is 0 Å². The zero-order chi connectivity index (χ0) is 13.7. The standard InChI is InChI=1S/C13H21N3O3/c1-10-2-5-16(6-3-10)9-11(17)8-14-13(18)12-4-7-19-15-12/h4,7,10-11,17H,2-3,5-6,8-9H2,1H3,(H,14,18). The fraction of sp³-hybridized carbons (Fsp3) is 0.692. The Balaban J connectivity index is 1.67. The first-order valence-electron chi connectivity index (χ1n) is 6.74. The van der Waals surface area contributed by atoms with Crippen molar-refractivity contribution in [1.82, 2.24) is 15.4 Å². The van der Waals surface area contributed by atoms with Crippen molar-refractivity contribution in [3.63, 3.8) is 0 Å². The molecule has 6 nitrogen and oxygen atoms in total. The number of likely N-dealkylation sites (tertiary alicyclic amines) is 1. The minimum absolute atomic E-state index is 0.234. The molecule has 0 aliphatic carbocycles. The molecule has 1 amide bonds. The number of amides is 1. The molecule has 1 unspecified atom stereocenters. The molecule has 1 atom stereocenters.